The van der Waals surface area contributed by atoms with E-state index in [0.717, 1.165) is 92.8 Å². The SMILES string of the molecule is CNC1Cc2c(cccc2CO)C#CC2(CCCC2)CC23CCC4C5(C=O)CC67C(CCOC6C6CC8C=CCC(C9CCCC9)C8CC(C(O)C4(O)C2(O)CC2CC1C1OC(=O)C=C1C23)C65O)CC1CC(c2ccccc2)CCC17. The number of allylic oxidation sites excluding steroid dienone is 2. The molecule has 10 saturated carbocycles. The predicted octanol–water partition coefficient (Wildman–Crippen LogP) is 9.71. The average molecular weight is 1100 g/mol. The van der Waals surface area contributed by atoms with E-state index in [9.17, 15) is 15.0 Å². The van der Waals surface area contributed by atoms with Crippen molar-refractivity contribution >= 4 is 12.3 Å². The van der Waals surface area contributed by atoms with Crippen LogP contribution in [0.25, 0.3) is 0 Å². The molecule has 2 aromatic rings. The number of ether oxygens (including phenoxy) is 2. The molecule has 11 fully saturated rings. The first-order valence-electron chi connectivity index (χ1n) is 32.8. The Labute approximate surface area is 480 Å². The van der Waals surface area contributed by atoms with E-state index in [1.807, 2.05) is 19.2 Å². The second-order valence-corrected chi connectivity index (χ2v) is 30.3. The Hall–Kier alpha value is -3.66. The van der Waals surface area contributed by atoms with Crippen LogP contribution >= 0.6 is 0 Å². The fourth-order valence-electron chi connectivity index (χ4n) is 25.5. The van der Waals surface area contributed by atoms with Crippen LogP contribution in [0.5, 0.6) is 0 Å². The molecule has 2 heterocycles. The number of hydrogen-bond donors (Lipinski definition) is 6. The highest BCUT2D eigenvalue weighted by Crippen LogP contribution is 2.82. The van der Waals surface area contributed by atoms with Gasteiger partial charge >= 0.3 is 5.97 Å². The number of hydrogen-bond acceptors (Lipinski definition) is 10. The molecule has 15 aliphatic rings. The zero-order valence-electron chi connectivity index (χ0n) is 47.9. The highest BCUT2D eigenvalue weighted by atomic mass is 16.5. The fraction of sp³-hybridized carbons (Fsp3) is 0.718. The normalized spacial score (nSPS) is 50.4. The molecule has 4 bridgehead atoms. The number of benzene rings is 2. The van der Waals surface area contributed by atoms with Crippen LogP contribution < -0.4 is 5.32 Å². The predicted molar refractivity (Wildman–Crippen MR) is 305 cm³/mol. The monoisotopic (exact) mass is 1100 g/mol. The summed E-state index contributed by atoms with van der Waals surface area (Å²) in [5.74, 6) is 6.88. The van der Waals surface area contributed by atoms with Crippen LogP contribution in [0, 0.1) is 110 Å². The Morgan fingerprint density at radius 3 is 2.41 bits per heavy atom. The minimum atomic E-state index is -2.21. The van der Waals surface area contributed by atoms with Crippen LogP contribution in [-0.4, -0.2) is 92.6 Å². The van der Waals surface area contributed by atoms with Crippen molar-refractivity contribution in [2.45, 2.75) is 201 Å². The third-order valence-electron chi connectivity index (χ3n) is 28.2. The molecule has 23 atom stereocenters. The highest BCUT2D eigenvalue weighted by Gasteiger charge is 2.88. The van der Waals surface area contributed by atoms with E-state index in [1.54, 1.807) is 6.08 Å². The summed E-state index contributed by atoms with van der Waals surface area (Å²) in [4.78, 5) is 30.0. The molecule has 10 nitrogen and oxygen atoms in total. The van der Waals surface area contributed by atoms with Crippen molar-refractivity contribution in [1.82, 2.24) is 5.32 Å². The van der Waals surface area contributed by atoms with Gasteiger partial charge in [-0.05, 0) is 204 Å². The van der Waals surface area contributed by atoms with Gasteiger partial charge in [0.1, 0.15) is 23.6 Å². The minimum Gasteiger partial charge on any atom is -0.454 e. The molecule has 2 aromatic carbocycles. The molecule has 3 spiro atoms. The largest absolute Gasteiger partial charge is 0.454 e. The van der Waals surface area contributed by atoms with E-state index in [4.69, 9.17) is 9.47 Å². The molecule has 10 heteroatoms. The van der Waals surface area contributed by atoms with Gasteiger partial charge < -0.3 is 45.1 Å². The average Bonchev–Trinajstić information content (AvgIpc) is 1.96. The van der Waals surface area contributed by atoms with E-state index in [0.29, 0.717) is 81.6 Å². The van der Waals surface area contributed by atoms with Crippen LogP contribution in [-0.2, 0) is 32.1 Å². The minimum absolute atomic E-state index is 0.118. The van der Waals surface area contributed by atoms with Crippen LogP contribution in [0.15, 0.2) is 72.3 Å². The lowest BCUT2D eigenvalue weighted by Gasteiger charge is -2.76. The van der Waals surface area contributed by atoms with Crippen LogP contribution in [0.3, 0.4) is 0 Å². The standard InChI is InChI=1S/C71H89NO9/c1-72-58-34-51-43(15-9-17-46(51)37-73)21-26-65(24-7-8-25-65)38-66-27-22-59-67(40-74)39-68-49(30-47-29-44(19-20-55(47)68)41-11-3-2-4-12-41)23-28-80-64(68)57-32-45-16-10-18-50(42-13-5-6-14-42)52(45)33-56(70(57,67)78)63(76)71(59,79)69(66,77)36-48-31-53(58)62-54(61(48)66)35-60(75)81-62/h2-4,9-12,15-17,35,40,42,44-45,47-50,52-53,55-59,61-64,72-73,76-79H,5-8,13-14,18-20,22-25,27-34,36-39H2,1H3. The number of aldehydes is 1. The van der Waals surface area contributed by atoms with E-state index in [-0.39, 0.29) is 72.6 Å². The zero-order chi connectivity index (χ0) is 55.1. The number of nitrogens with one attached hydrogen (secondary N) is 1. The highest BCUT2D eigenvalue weighted by molar-refractivity contribution is 5.86. The molecule has 0 radical (unpaired) electrons. The molecule has 0 amide bonds. The maximum Gasteiger partial charge on any atom is 0.331 e. The van der Waals surface area contributed by atoms with Gasteiger partial charge in [-0.2, -0.15) is 0 Å². The molecule has 2 aliphatic heterocycles. The van der Waals surface area contributed by atoms with E-state index < -0.39 is 68.4 Å². The molecular formula is C71H89NO9. The third kappa shape index (κ3) is 6.84. The summed E-state index contributed by atoms with van der Waals surface area (Å²) < 4.78 is 14.0. The number of aliphatic hydroxyl groups excluding tert-OH is 2. The Balaban J connectivity index is 0.903. The Bertz CT molecular complexity index is 2990. The van der Waals surface area contributed by atoms with Gasteiger partial charge in [0.25, 0.3) is 0 Å². The molecule has 1 saturated heterocycles. The van der Waals surface area contributed by atoms with E-state index in [1.165, 1.54) is 31.2 Å². The molecule has 23 unspecified atom stereocenters. The van der Waals surface area contributed by atoms with Crippen molar-refractivity contribution in [3.63, 3.8) is 0 Å². The summed E-state index contributed by atoms with van der Waals surface area (Å²) in [7, 11) is 1.96. The topological polar surface area (TPSA) is 166 Å². The Kier molecular flexibility index (Phi) is 12.2. The molecule has 81 heavy (non-hydrogen) atoms. The number of carbonyl (C=O) groups is 2. The molecular weight excluding hydrogens is 1010 g/mol. The summed E-state index contributed by atoms with van der Waals surface area (Å²) >= 11 is 0. The van der Waals surface area contributed by atoms with Crippen molar-refractivity contribution < 1.29 is 44.6 Å². The van der Waals surface area contributed by atoms with Crippen LogP contribution in [0.4, 0.5) is 0 Å². The van der Waals surface area contributed by atoms with Gasteiger partial charge in [0, 0.05) is 64.2 Å². The summed E-state index contributed by atoms with van der Waals surface area (Å²) in [6.07, 6.45) is 24.0. The number of esters is 1. The van der Waals surface area contributed by atoms with Crippen molar-refractivity contribution in [2.75, 3.05) is 13.7 Å². The van der Waals surface area contributed by atoms with Crippen LogP contribution in [0.1, 0.15) is 169 Å². The quantitative estimate of drug-likeness (QED) is 0.0735. The lowest BCUT2D eigenvalue weighted by molar-refractivity contribution is -0.393. The fourth-order valence-corrected chi connectivity index (χ4v) is 25.5. The summed E-state index contributed by atoms with van der Waals surface area (Å²) in [6.45, 7) is 0.504. The van der Waals surface area contributed by atoms with Gasteiger partial charge in [-0.15, -0.1) is 0 Å². The first kappa shape index (κ1) is 52.9. The van der Waals surface area contributed by atoms with Crippen LogP contribution in [0.2, 0.25) is 0 Å². The van der Waals surface area contributed by atoms with Gasteiger partial charge in [0.15, 0.2) is 0 Å². The Morgan fingerprint density at radius 1 is 0.790 bits per heavy atom. The summed E-state index contributed by atoms with van der Waals surface area (Å²) in [5.41, 5.74) is -4.40. The van der Waals surface area contributed by atoms with Crippen molar-refractivity contribution in [2.24, 2.45) is 98.6 Å². The van der Waals surface area contributed by atoms with E-state index >= 15 is 20.1 Å². The number of fused-ring (bicyclic) bond motifs is 7. The zero-order valence-corrected chi connectivity index (χ0v) is 47.9. The second kappa shape index (κ2) is 18.7. The van der Waals surface area contributed by atoms with Gasteiger partial charge in [-0.3, -0.25) is 0 Å². The van der Waals surface area contributed by atoms with Crippen molar-refractivity contribution in [1.29, 1.82) is 0 Å². The summed E-state index contributed by atoms with van der Waals surface area (Å²) in [6, 6.07) is 16.9. The van der Waals surface area contributed by atoms with E-state index in [2.05, 4.69) is 65.7 Å². The van der Waals surface area contributed by atoms with Gasteiger partial charge in [-0.1, -0.05) is 105 Å². The van der Waals surface area contributed by atoms with Crippen molar-refractivity contribution in [3.8, 4) is 11.8 Å². The smallest absolute Gasteiger partial charge is 0.331 e. The second-order valence-electron chi connectivity index (χ2n) is 30.3. The molecule has 6 N–H and O–H groups in total. The molecule has 0 aromatic heterocycles. The van der Waals surface area contributed by atoms with Crippen molar-refractivity contribution in [3.05, 3.63) is 94.6 Å². The van der Waals surface area contributed by atoms with Gasteiger partial charge in [-0.25, -0.2) is 4.79 Å². The first-order chi connectivity index (χ1) is 39.3. The maximum absolute atomic E-state index is 15.9. The molecule has 432 valence electrons. The number of likely N-dealkylation sites (N-methyl/N-ethyl adjacent to an activating group) is 1. The lowest BCUT2D eigenvalue weighted by Crippen LogP contribution is -2.87. The number of carbonyl (C=O) groups excluding carboxylic acids is 2. The molecule has 13 aliphatic carbocycles. The molecule has 17 rings (SSSR count). The van der Waals surface area contributed by atoms with Gasteiger partial charge in [0.05, 0.1) is 29.8 Å². The summed E-state index contributed by atoms with van der Waals surface area (Å²) in [5, 5.41) is 74.9. The Morgan fingerprint density at radius 2 is 1.62 bits per heavy atom. The number of aliphatic hydroxyl groups is 5. The maximum atomic E-state index is 15.9. The number of rotatable bonds is 5. The lowest BCUT2D eigenvalue weighted by atomic mass is 9.31. The third-order valence-corrected chi connectivity index (χ3v) is 28.2. The van der Waals surface area contributed by atoms with Gasteiger partial charge in [0.2, 0.25) is 0 Å². The first-order valence-corrected chi connectivity index (χ1v) is 32.8.